The zero-order valence-electron chi connectivity index (χ0n) is 12.0. The van der Waals surface area contributed by atoms with Crippen molar-refractivity contribution in [2.24, 2.45) is 5.73 Å². The lowest BCUT2D eigenvalue weighted by Crippen LogP contribution is -2.36. The third kappa shape index (κ3) is 2.07. The first-order valence-corrected chi connectivity index (χ1v) is 7.07. The smallest absolute Gasteiger partial charge is 0.248 e. The number of rotatable bonds is 2. The third-order valence-electron chi connectivity index (χ3n) is 4.45. The van der Waals surface area contributed by atoms with Gasteiger partial charge in [-0.2, -0.15) is 0 Å². The fourth-order valence-electron chi connectivity index (χ4n) is 3.05. The molecule has 2 heterocycles. The molecular weight excluding hydrogens is 254 g/mol. The van der Waals surface area contributed by atoms with Crippen LogP contribution in [0.1, 0.15) is 24.4 Å². The molecule has 0 radical (unpaired) electrons. The Morgan fingerprint density at radius 3 is 2.75 bits per heavy atom. The van der Waals surface area contributed by atoms with E-state index in [0.29, 0.717) is 6.04 Å². The summed E-state index contributed by atoms with van der Waals surface area (Å²) in [5.74, 6) is -0.0362. The van der Waals surface area contributed by atoms with E-state index in [-0.39, 0.29) is 5.91 Å². The number of nitrogens with two attached hydrogens (primary N) is 1. The fraction of sp³-hybridized carbons (Fsp3) is 0.533. The van der Waals surface area contributed by atoms with Gasteiger partial charge in [0.05, 0.1) is 5.69 Å². The second-order valence-electron chi connectivity index (χ2n) is 5.57. The molecule has 0 spiro atoms. The first-order chi connectivity index (χ1) is 9.59. The van der Waals surface area contributed by atoms with Gasteiger partial charge in [0.1, 0.15) is 6.04 Å². The van der Waals surface area contributed by atoms with Gasteiger partial charge in [0.25, 0.3) is 0 Å². The number of hydrogen-bond acceptors (Lipinski definition) is 4. The summed E-state index contributed by atoms with van der Waals surface area (Å²) in [6, 6.07) is 6.08. The molecule has 0 saturated carbocycles. The molecule has 2 N–H and O–H groups in total. The molecule has 108 valence electrons. The Bertz CT molecular complexity index is 526. The van der Waals surface area contributed by atoms with E-state index in [1.54, 1.807) is 11.9 Å². The van der Waals surface area contributed by atoms with Crippen molar-refractivity contribution in [2.45, 2.75) is 24.9 Å². The number of hydrogen-bond donors (Lipinski definition) is 1. The highest BCUT2D eigenvalue weighted by Crippen LogP contribution is 2.36. The Morgan fingerprint density at radius 2 is 2.05 bits per heavy atom. The van der Waals surface area contributed by atoms with Crippen molar-refractivity contribution in [3.05, 3.63) is 23.8 Å². The van der Waals surface area contributed by atoms with Crippen LogP contribution in [0.15, 0.2) is 18.2 Å². The van der Waals surface area contributed by atoms with Crippen molar-refractivity contribution >= 4 is 17.3 Å². The molecule has 20 heavy (non-hydrogen) atoms. The summed E-state index contributed by atoms with van der Waals surface area (Å²) in [4.78, 5) is 15.9. The number of carbonyl (C=O) groups is 1. The van der Waals surface area contributed by atoms with E-state index in [0.717, 1.165) is 43.0 Å². The minimum absolute atomic E-state index is 0.0362. The maximum Gasteiger partial charge on any atom is 0.248 e. The molecule has 0 bridgehead atoms. The highest BCUT2D eigenvalue weighted by molar-refractivity contribution is 6.04. The average molecular weight is 275 g/mol. The van der Waals surface area contributed by atoms with E-state index >= 15 is 0 Å². The number of carbonyl (C=O) groups excluding carboxylic acids is 1. The summed E-state index contributed by atoms with van der Waals surface area (Å²) in [6.45, 7) is 1.65. The second kappa shape index (κ2) is 5.07. The molecule has 0 aromatic heterocycles. The van der Waals surface area contributed by atoms with Crippen molar-refractivity contribution in [1.82, 2.24) is 0 Å². The predicted molar refractivity (Wildman–Crippen MR) is 79.0 cm³/mol. The summed E-state index contributed by atoms with van der Waals surface area (Å²) in [5, 5.41) is 0. The summed E-state index contributed by atoms with van der Waals surface area (Å²) >= 11 is 0. The van der Waals surface area contributed by atoms with Crippen LogP contribution in [0.3, 0.4) is 0 Å². The second-order valence-corrected chi connectivity index (χ2v) is 5.57. The van der Waals surface area contributed by atoms with Crippen LogP contribution in [0.2, 0.25) is 0 Å². The van der Waals surface area contributed by atoms with Crippen LogP contribution in [-0.2, 0) is 9.53 Å². The number of ether oxygens (including phenoxy) is 1. The van der Waals surface area contributed by atoms with Crippen LogP contribution in [0, 0.1) is 0 Å². The van der Waals surface area contributed by atoms with Crippen molar-refractivity contribution in [3.8, 4) is 0 Å². The minimum atomic E-state index is -0.516. The van der Waals surface area contributed by atoms with Crippen molar-refractivity contribution in [1.29, 1.82) is 0 Å². The predicted octanol–water partition coefficient (Wildman–Crippen LogP) is 1.28. The van der Waals surface area contributed by atoms with Gasteiger partial charge in [-0.3, -0.25) is 4.79 Å². The van der Waals surface area contributed by atoms with Gasteiger partial charge in [-0.05, 0) is 25.0 Å². The molecule has 0 aliphatic carbocycles. The van der Waals surface area contributed by atoms with Crippen LogP contribution in [0.4, 0.5) is 11.4 Å². The maximum atomic E-state index is 11.9. The number of benzene rings is 1. The molecule has 2 aliphatic rings. The van der Waals surface area contributed by atoms with Gasteiger partial charge < -0.3 is 20.3 Å². The summed E-state index contributed by atoms with van der Waals surface area (Å²) in [5.41, 5.74) is 8.90. The highest BCUT2D eigenvalue weighted by atomic mass is 16.5. The lowest BCUT2D eigenvalue weighted by atomic mass is 10.0. The van der Waals surface area contributed by atoms with Crippen LogP contribution < -0.4 is 15.5 Å². The van der Waals surface area contributed by atoms with Crippen LogP contribution in [0.5, 0.6) is 0 Å². The number of fused-ring (bicyclic) bond motifs is 1. The SMILES string of the molecule is CN1C(=O)C(N)c2ccc(N(C)C3CCOCC3)cc21. The van der Waals surface area contributed by atoms with Gasteiger partial charge >= 0.3 is 0 Å². The number of amides is 1. The zero-order chi connectivity index (χ0) is 14.3. The molecule has 5 nitrogen and oxygen atoms in total. The molecule has 2 aliphatic heterocycles. The van der Waals surface area contributed by atoms with Crippen molar-refractivity contribution in [3.63, 3.8) is 0 Å². The Kier molecular flexibility index (Phi) is 3.40. The normalized spacial score (nSPS) is 23.1. The monoisotopic (exact) mass is 275 g/mol. The Morgan fingerprint density at radius 1 is 1.35 bits per heavy atom. The van der Waals surface area contributed by atoms with E-state index in [4.69, 9.17) is 10.5 Å². The topological polar surface area (TPSA) is 58.8 Å². The van der Waals surface area contributed by atoms with Crippen LogP contribution in [0.25, 0.3) is 0 Å². The van der Waals surface area contributed by atoms with E-state index < -0.39 is 6.04 Å². The Balaban J connectivity index is 1.87. The quantitative estimate of drug-likeness (QED) is 0.883. The van der Waals surface area contributed by atoms with Gasteiger partial charge in [0, 0.05) is 44.6 Å². The first kappa shape index (κ1) is 13.4. The molecule has 3 rings (SSSR count). The van der Waals surface area contributed by atoms with Gasteiger partial charge in [0.2, 0.25) is 5.91 Å². The lowest BCUT2D eigenvalue weighted by Gasteiger charge is -2.33. The van der Waals surface area contributed by atoms with Gasteiger partial charge in [-0.25, -0.2) is 0 Å². The van der Waals surface area contributed by atoms with E-state index in [1.807, 2.05) is 6.07 Å². The maximum absolute atomic E-state index is 11.9. The highest BCUT2D eigenvalue weighted by Gasteiger charge is 2.33. The zero-order valence-corrected chi connectivity index (χ0v) is 12.0. The van der Waals surface area contributed by atoms with E-state index in [1.165, 1.54) is 0 Å². The van der Waals surface area contributed by atoms with E-state index in [2.05, 4.69) is 24.1 Å². The van der Waals surface area contributed by atoms with Gasteiger partial charge in [-0.1, -0.05) is 6.07 Å². The van der Waals surface area contributed by atoms with Crippen LogP contribution in [-0.4, -0.2) is 39.3 Å². The lowest BCUT2D eigenvalue weighted by molar-refractivity contribution is -0.118. The molecule has 1 unspecified atom stereocenters. The Hall–Kier alpha value is -1.59. The molecule has 1 amide bonds. The van der Waals surface area contributed by atoms with Gasteiger partial charge in [-0.15, -0.1) is 0 Å². The third-order valence-corrected chi connectivity index (χ3v) is 4.45. The molecule has 5 heteroatoms. The van der Waals surface area contributed by atoms with Crippen molar-refractivity contribution in [2.75, 3.05) is 37.1 Å². The Labute approximate surface area is 119 Å². The number of anilines is 2. The first-order valence-electron chi connectivity index (χ1n) is 7.07. The summed E-state index contributed by atoms with van der Waals surface area (Å²) < 4.78 is 5.41. The number of nitrogens with zero attached hydrogens (tertiary/aromatic N) is 2. The minimum Gasteiger partial charge on any atom is -0.381 e. The standard InChI is InChI=1S/C15H21N3O2/c1-17(10-5-7-20-8-6-10)11-3-4-12-13(9-11)18(2)15(19)14(12)16/h3-4,9-10,14H,5-8,16H2,1-2H3. The van der Waals surface area contributed by atoms with Gasteiger partial charge in [0.15, 0.2) is 0 Å². The molecule has 1 fully saturated rings. The molecule has 1 saturated heterocycles. The molecule has 1 atom stereocenters. The molecule has 1 aromatic rings. The summed E-state index contributed by atoms with van der Waals surface area (Å²) in [6.07, 6.45) is 2.09. The van der Waals surface area contributed by atoms with Crippen LogP contribution >= 0.6 is 0 Å². The van der Waals surface area contributed by atoms with Crippen molar-refractivity contribution < 1.29 is 9.53 Å². The fourth-order valence-corrected chi connectivity index (χ4v) is 3.05. The number of likely N-dealkylation sites (N-methyl/N-ethyl adjacent to an activating group) is 1. The average Bonchev–Trinajstić information content (AvgIpc) is 2.72. The largest absolute Gasteiger partial charge is 0.381 e. The molecular formula is C15H21N3O2. The van der Waals surface area contributed by atoms with E-state index in [9.17, 15) is 4.79 Å². The summed E-state index contributed by atoms with van der Waals surface area (Å²) in [7, 11) is 3.89. The molecule has 1 aromatic carbocycles.